The molecule has 1 unspecified atom stereocenters. The van der Waals surface area contributed by atoms with Crippen molar-refractivity contribution in [1.29, 1.82) is 0 Å². The molecule has 0 heterocycles. The van der Waals surface area contributed by atoms with E-state index in [0.717, 1.165) is 5.69 Å². The second-order valence-electron chi connectivity index (χ2n) is 5.03. The number of hydrogen-bond donors (Lipinski definition) is 2. The normalized spacial score (nSPS) is 12.0. The van der Waals surface area contributed by atoms with E-state index in [1.54, 1.807) is 13.2 Å². The van der Waals surface area contributed by atoms with E-state index in [1.807, 2.05) is 24.3 Å². The van der Waals surface area contributed by atoms with Crippen LogP contribution in [-0.4, -0.2) is 32.2 Å². The van der Waals surface area contributed by atoms with E-state index in [4.69, 9.17) is 4.74 Å². The predicted octanol–water partition coefficient (Wildman–Crippen LogP) is 2.69. The zero-order valence-corrected chi connectivity index (χ0v) is 12.5. The van der Waals surface area contributed by atoms with E-state index in [2.05, 4.69) is 31.1 Å². The average molecular weight is 276 g/mol. The number of carbonyl (C=O) groups is 1. The van der Waals surface area contributed by atoms with E-state index in [0.29, 0.717) is 24.6 Å². The number of benzene rings is 1. The monoisotopic (exact) mass is 276 g/mol. The van der Waals surface area contributed by atoms with Gasteiger partial charge in [-0.2, -0.15) is 0 Å². The van der Waals surface area contributed by atoms with E-state index < -0.39 is 0 Å². The molecule has 0 fully saturated rings. The summed E-state index contributed by atoms with van der Waals surface area (Å²) in [6.07, 6.45) is 1.66. The van der Waals surface area contributed by atoms with Gasteiger partial charge in [0, 0.05) is 24.9 Å². The lowest BCUT2D eigenvalue weighted by molar-refractivity contribution is 0.0958. The summed E-state index contributed by atoms with van der Waals surface area (Å²) in [5.74, 6) is 0.374. The molecule has 0 aliphatic rings. The maximum Gasteiger partial charge on any atom is 0.251 e. The van der Waals surface area contributed by atoms with Crippen molar-refractivity contribution in [2.45, 2.75) is 19.9 Å². The molecule has 0 saturated heterocycles. The van der Waals surface area contributed by atoms with Gasteiger partial charge in [0.05, 0.1) is 12.6 Å². The highest BCUT2D eigenvalue weighted by molar-refractivity contribution is 5.94. The second-order valence-corrected chi connectivity index (χ2v) is 5.03. The van der Waals surface area contributed by atoms with Crippen LogP contribution in [0.2, 0.25) is 0 Å². The number of methoxy groups -OCH3 is 1. The molecule has 1 aromatic carbocycles. The molecule has 0 aliphatic carbocycles. The van der Waals surface area contributed by atoms with Crippen LogP contribution >= 0.6 is 0 Å². The van der Waals surface area contributed by atoms with Crippen molar-refractivity contribution in [1.82, 2.24) is 5.32 Å². The van der Waals surface area contributed by atoms with Crippen LogP contribution in [0.1, 0.15) is 24.2 Å². The molecule has 0 radical (unpaired) electrons. The Morgan fingerprint density at radius 1 is 1.35 bits per heavy atom. The van der Waals surface area contributed by atoms with Gasteiger partial charge in [0.1, 0.15) is 0 Å². The fourth-order valence-electron chi connectivity index (χ4n) is 1.78. The summed E-state index contributed by atoms with van der Waals surface area (Å²) in [4.78, 5) is 11.7. The number of amides is 1. The van der Waals surface area contributed by atoms with Crippen molar-refractivity contribution in [3.8, 4) is 0 Å². The van der Waals surface area contributed by atoms with Crippen molar-refractivity contribution in [3.63, 3.8) is 0 Å². The Kier molecular flexibility index (Phi) is 6.81. The molecule has 1 amide bonds. The van der Waals surface area contributed by atoms with Crippen LogP contribution in [0.5, 0.6) is 0 Å². The predicted molar refractivity (Wildman–Crippen MR) is 83.1 cm³/mol. The van der Waals surface area contributed by atoms with Gasteiger partial charge < -0.3 is 15.4 Å². The molecule has 0 aliphatic heterocycles. The SMILES string of the molecule is C=CCNC(=O)c1ccc(NC(COC)C(C)C)cc1. The Morgan fingerprint density at radius 2 is 2.00 bits per heavy atom. The molecular weight excluding hydrogens is 252 g/mol. The summed E-state index contributed by atoms with van der Waals surface area (Å²) in [7, 11) is 1.70. The summed E-state index contributed by atoms with van der Waals surface area (Å²) in [5.41, 5.74) is 1.63. The van der Waals surface area contributed by atoms with Crippen LogP contribution in [0, 0.1) is 5.92 Å². The van der Waals surface area contributed by atoms with Gasteiger partial charge in [0.15, 0.2) is 0 Å². The minimum absolute atomic E-state index is 0.0891. The molecule has 1 atom stereocenters. The molecule has 4 nitrogen and oxygen atoms in total. The Labute approximate surface area is 121 Å². The van der Waals surface area contributed by atoms with Crippen molar-refractivity contribution in [2.24, 2.45) is 5.92 Å². The van der Waals surface area contributed by atoms with Crippen molar-refractivity contribution in [3.05, 3.63) is 42.5 Å². The lowest BCUT2D eigenvalue weighted by Gasteiger charge is -2.22. The van der Waals surface area contributed by atoms with Crippen molar-refractivity contribution >= 4 is 11.6 Å². The van der Waals surface area contributed by atoms with E-state index >= 15 is 0 Å². The first-order valence-corrected chi connectivity index (χ1v) is 6.83. The first-order chi connectivity index (χ1) is 9.58. The van der Waals surface area contributed by atoms with Crippen LogP contribution < -0.4 is 10.6 Å². The van der Waals surface area contributed by atoms with Crippen LogP contribution in [0.25, 0.3) is 0 Å². The average Bonchev–Trinajstić information content (AvgIpc) is 2.45. The number of anilines is 1. The molecule has 20 heavy (non-hydrogen) atoms. The van der Waals surface area contributed by atoms with Crippen LogP contribution in [0.4, 0.5) is 5.69 Å². The Hall–Kier alpha value is -1.81. The number of nitrogens with one attached hydrogen (secondary N) is 2. The van der Waals surface area contributed by atoms with Gasteiger partial charge in [-0.25, -0.2) is 0 Å². The molecule has 1 aromatic rings. The Balaban J connectivity index is 2.65. The van der Waals surface area contributed by atoms with Gasteiger partial charge in [-0.3, -0.25) is 4.79 Å². The van der Waals surface area contributed by atoms with Gasteiger partial charge >= 0.3 is 0 Å². The van der Waals surface area contributed by atoms with Gasteiger partial charge in [0.25, 0.3) is 5.91 Å². The van der Waals surface area contributed by atoms with Gasteiger partial charge in [-0.1, -0.05) is 19.9 Å². The zero-order chi connectivity index (χ0) is 15.0. The summed E-state index contributed by atoms with van der Waals surface area (Å²) in [6.45, 7) is 8.99. The Morgan fingerprint density at radius 3 is 2.50 bits per heavy atom. The third-order valence-electron chi connectivity index (χ3n) is 3.06. The maximum absolute atomic E-state index is 11.7. The summed E-state index contributed by atoms with van der Waals surface area (Å²) < 4.78 is 5.21. The van der Waals surface area contributed by atoms with Gasteiger partial charge in [0.2, 0.25) is 0 Å². The van der Waals surface area contributed by atoms with Crippen LogP contribution in [-0.2, 0) is 4.74 Å². The minimum atomic E-state index is -0.0891. The molecule has 2 N–H and O–H groups in total. The number of ether oxygens (including phenoxy) is 1. The minimum Gasteiger partial charge on any atom is -0.383 e. The summed E-state index contributed by atoms with van der Waals surface area (Å²) in [5, 5.41) is 6.17. The zero-order valence-electron chi connectivity index (χ0n) is 12.5. The highest BCUT2D eigenvalue weighted by Gasteiger charge is 2.13. The molecular formula is C16H24N2O2. The molecule has 110 valence electrons. The second kappa shape index (κ2) is 8.38. The third-order valence-corrected chi connectivity index (χ3v) is 3.06. The van der Waals surface area contributed by atoms with Crippen LogP contribution in [0.15, 0.2) is 36.9 Å². The molecule has 0 bridgehead atoms. The van der Waals surface area contributed by atoms with Gasteiger partial charge in [-0.05, 0) is 30.2 Å². The molecule has 1 rings (SSSR count). The highest BCUT2D eigenvalue weighted by atomic mass is 16.5. The summed E-state index contributed by atoms with van der Waals surface area (Å²) in [6, 6.07) is 7.69. The topological polar surface area (TPSA) is 50.4 Å². The number of hydrogen-bond acceptors (Lipinski definition) is 3. The quantitative estimate of drug-likeness (QED) is 0.718. The van der Waals surface area contributed by atoms with E-state index in [1.165, 1.54) is 0 Å². The molecule has 0 spiro atoms. The smallest absolute Gasteiger partial charge is 0.251 e. The van der Waals surface area contributed by atoms with Crippen molar-refractivity contribution < 1.29 is 9.53 Å². The third kappa shape index (κ3) is 5.05. The van der Waals surface area contributed by atoms with Crippen molar-refractivity contribution in [2.75, 3.05) is 25.6 Å². The summed E-state index contributed by atoms with van der Waals surface area (Å²) >= 11 is 0. The first-order valence-electron chi connectivity index (χ1n) is 6.83. The largest absolute Gasteiger partial charge is 0.383 e. The first kappa shape index (κ1) is 16.2. The molecule has 4 heteroatoms. The van der Waals surface area contributed by atoms with E-state index in [-0.39, 0.29) is 11.9 Å². The standard InChI is InChI=1S/C16H24N2O2/c1-5-10-17-16(19)13-6-8-14(9-7-13)18-15(11-20-4)12(2)3/h5-9,12,15,18H,1,10-11H2,2-4H3,(H,17,19). The van der Waals surface area contributed by atoms with E-state index in [9.17, 15) is 4.79 Å². The maximum atomic E-state index is 11.7. The highest BCUT2D eigenvalue weighted by Crippen LogP contribution is 2.14. The number of rotatable bonds is 8. The number of carbonyl (C=O) groups excluding carboxylic acids is 1. The molecule has 0 saturated carbocycles. The molecule has 0 aromatic heterocycles. The lowest BCUT2D eigenvalue weighted by atomic mass is 10.0. The fourth-order valence-corrected chi connectivity index (χ4v) is 1.78. The van der Waals surface area contributed by atoms with Crippen LogP contribution in [0.3, 0.4) is 0 Å². The lowest BCUT2D eigenvalue weighted by Crippen LogP contribution is -2.30. The fraction of sp³-hybridized carbons (Fsp3) is 0.438. The van der Waals surface area contributed by atoms with Gasteiger partial charge in [-0.15, -0.1) is 6.58 Å². The Bertz CT molecular complexity index is 427.